The molecule has 5 heteroatoms. The normalized spacial score (nSPS) is 45.5. The number of fused-ring (bicyclic) bond motifs is 5. The summed E-state index contributed by atoms with van der Waals surface area (Å²) in [4.78, 5) is 28.3. The minimum absolute atomic E-state index is 0.0233. The summed E-state index contributed by atoms with van der Waals surface area (Å²) in [6.45, 7) is 17.4. The zero-order chi connectivity index (χ0) is 26.4. The first-order chi connectivity index (χ1) is 16.7. The Bertz CT molecular complexity index is 1120. The van der Waals surface area contributed by atoms with E-state index in [9.17, 15) is 14.7 Å². The fourth-order valence-electron chi connectivity index (χ4n) is 8.68. The molecule has 36 heavy (non-hydrogen) atoms. The Balaban J connectivity index is 1.78. The van der Waals surface area contributed by atoms with Crippen molar-refractivity contribution in [2.45, 2.75) is 86.0 Å². The molecular weight excluding hydrogens is 452 g/mol. The van der Waals surface area contributed by atoms with E-state index in [-0.39, 0.29) is 36.2 Å². The highest BCUT2D eigenvalue weighted by Gasteiger charge is 2.74. The van der Waals surface area contributed by atoms with Gasteiger partial charge < -0.3 is 14.6 Å². The van der Waals surface area contributed by atoms with Gasteiger partial charge in [0, 0.05) is 22.7 Å². The number of hydrogen-bond acceptors (Lipinski definition) is 5. The molecule has 0 amide bonds. The predicted octanol–water partition coefficient (Wildman–Crippen LogP) is 5.61. The SMILES string of the molecule is CC1=C2[C@@H](C)C(=O)[C@@]3(C)C([C@H](OC(=O)c4ccccc4)[C@](C)(C[C@@H]1C)C2(C)C)[C@]1(O)CO[C@@H]1C[C@@H]3C. The van der Waals surface area contributed by atoms with E-state index in [1.165, 1.54) is 11.1 Å². The summed E-state index contributed by atoms with van der Waals surface area (Å²) in [5.74, 6) is -0.877. The monoisotopic (exact) mass is 494 g/mol. The molecule has 1 aromatic rings. The van der Waals surface area contributed by atoms with Gasteiger partial charge >= 0.3 is 5.97 Å². The molecule has 0 aromatic heterocycles. The lowest BCUT2D eigenvalue weighted by Gasteiger charge is -2.68. The third-order valence-corrected chi connectivity index (χ3v) is 11.4. The molecular formula is C31H42O5. The Kier molecular flexibility index (Phi) is 5.71. The molecule has 9 atom stereocenters. The summed E-state index contributed by atoms with van der Waals surface area (Å²) in [6.07, 6.45) is 0.420. The van der Waals surface area contributed by atoms with Crippen LogP contribution < -0.4 is 0 Å². The third kappa shape index (κ3) is 3.08. The van der Waals surface area contributed by atoms with Crippen LogP contribution in [0, 0.1) is 39.9 Å². The van der Waals surface area contributed by atoms with Crippen LogP contribution in [0.2, 0.25) is 0 Å². The maximum absolute atomic E-state index is 14.6. The molecule has 0 radical (unpaired) electrons. The van der Waals surface area contributed by atoms with E-state index in [1.807, 2.05) is 25.1 Å². The van der Waals surface area contributed by atoms with Crippen molar-refractivity contribution in [1.29, 1.82) is 0 Å². The Morgan fingerprint density at radius 3 is 2.31 bits per heavy atom. The van der Waals surface area contributed by atoms with Crippen LogP contribution in [0.3, 0.4) is 0 Å². The van der Waals surface area contributed by atoms with Gasteiger partial charge in [-0.15, -0.1) is 0 Å². The molecule has 3 fully saturated rings. The van der Waals surface area contributed by atoms with Crippen LogP contribution in [0.4, 0.5) is 0 Å². The van der Waals surface area contributed by atoms with Crippen molar-refractivity contribution in [3.05, 3.63) is 47.0 Å². The van der Waals surface area contributed by atoms with Gasteiger partial charge in [0.1, 0.15) is 17.5 Å². The molecule has 4 aliphatic rings. The second kappa shape index (κ2) is 8.01. The van der Waals surface area contributed by atoms with Crippen molar-refractivity contribution >= 4 is 11.8 Å². The zero-order valence-electron chi connectivity index (χ0n) is 23.1. The Labute approximate surface area is 215 Å². The van der Waals surface area contributed by atoms with Gasteiger partial charge in [0.2, 0.25) is 0 Å². The number of aliphatic hydroxyl groups is 1. The van der Waals surface area contributed by atoms with Gasteiger partial charge in [0.05, 0.1) is 18.3 Å². The minimum Gasteiger partial charge on any atom is -0.458 e. The zero-order valence-corrected chi connectivity index (χ0v) is 23.1. The van der Waals surface area contributed by atoms with Crippen molar-refractivity contribution in [1.82, 2.24) is 0 Å². The summed E-state index contributed by atoms with van der Waals surface area (Å²) >= 11 is 0. The number of hydrogen-bond donors (Lipinski definition) is 1. The van der Waals surface area contributed by atoms with Crippen LogP contribution in [0.1, 0.15) is 78.6 Å². The molecule has 2 saturated carbocycles. The van der Waals surface area contributed by atoms with Crippen LogP contribution >= 0.6 is 0 Å². The van der Waals surface area contributed by atoms with Gasteiger partial charge in [-0.05, 0) is 49.1 Å². The quantitative estimate of drug-likeness (QED) is 0.427. The molecule has 3 aliphatic carbocycles. The van der Waals surface area contributed by atoms with Crippen molar-refractivity contribution in [3.63, 3.8) is 0 Å². The van der Waals surface area contributed by atoms with E-state index in [0.29, 0.717) is 12.0 Å². The maximum Gasteiger partial charge on any atom is 0.338 e. The fourth-order valence-corrected chi connectivity index (χ4v) is 8.68. The average molecular weight is 495 g/mol. The highest BCUT2D eigenvalue weighted by Crippen LogP contribution is 2.68. The first-order valence-electron chi connectivity index (χ1n) is 13.6. The lowest BCUT2D eigenvalue weighted by Crippen LogP contribution is -2.77. The molecule has 1 saturated heterocycles. The van der Waals surface area contributed by atoms with E-state index < -0.39 is 39.8 Å². The van der Waals surface area contributed by atoms with E-state index >= 15 is 0 Å². The first-order valence-corrected chi connectivity index (χ1v) is 13.6. The van der Waals surface area contributed by atoms with E-state index in [2.05, 4.69) is 48.5 Å². The van der Waals surface area contributed by atoms with Crippen LogP contribution in [0.15, 0.2) is 41.5 Å². The molecule has 1 aliphatic heterocycles. The number of ether oxygens (including phenoxy) is 2. The lowest BCUT2D eigenvalue weighted by atomic mass is 9.40. The lowest BCUT2D eigenvalue weighted by molar-refractivity contribution is -0.330. The molecule has 1 aromatic carbocycles. The molecule has 196 valence electrons. The standard InChI is InChI=1S/C31H42O5/c1-17-15-29(7)26(36-27(33)21-12-10-9-11-13-21)24-30(8,18(2)14-22-31(24,34)16-35-22)25(32)20(4)23(19(17)3)28(29,5)6/h9-13,17-18,20,22,24,26,34H,14-16H2,1-8H3/t17-,18-,20+,22+,24?,26-,29-,30+,31-/m0/s1. The van der Waals surface area contributed by atoms with E-state index in [0.717, 1.165) is 6.42 Å². The maximum atomic E-state index is 14.6. The van der Waals surface area contributed by atoms with Crippen LogP contribution in [-0.2, 0) is 14.3 Å². The molecule has 1 heterocycles. The van der Waals surface area contributed by atoms with Gasteiger partial charge in [-0.25, -0.2) is 4.79 Å². The largest absolute Gasteiger partial charge is 0.458 e. The number of esters is 1. The molecule has 0 spiro atoms. The van der Waals surface area contributed by atoms with Gasteiger partial charge in [-0.2, -0.15) is 0 Å². The Morgan fingerprint density at radius 2 is 1.72 bits per heavy atom. The summed E-state index contributed by atoms with van der Waals surface area (Å²) in [5.41, 5.74) is -0.0525. The van der Waals surface area contributed by atoms with Crippen LogP contribution in [0.5, 0.6) is 0 Å². The molecule has 1 N–H and O–H groups in total. The number of carbonyl (C=O) groups is 2. The topological polar surface area (TPSA) is 72.8 Å². The minimum atomic E-state index is -1.21. The smallest absolute Gasteiger partial charge is 0.338 e. The molecule has 2 bridgehead atoms. The van der Waals surface area contributed by atoms with Gasteiger partial charge in [-0.3, -0.25) is 4.79 Å². The van der Waals surface area contributed by atoms with Crippen molar-refractivity contribution in [2.75, 3.05) is 6.61 Å². The fraction of sp³-hybridized carbons (Fsp3) is 0.677. The molecule has 5 rings (SSSR count). The van der Waals surface area contributed by atoms with Gasteiger partial charge in [0.25, 0.3) is 0 Å². The summed E-state index contributed by atoms with van der Waals surface area (Å²) < 4.78 is 12.5. The third-order valence-electron chi connectivity index (χ3n) is 11.4. The number of Topliss-reactive ketones (excluding diaryl/α,β-unsaturated/α-hetero) is 1. The second-order valence-corrected chi connectivity index (χ2v) is 13.2. The molecule has 1 unspecified atom stereocenters. The Hall–Kier alpha value is -1.98. The van der Waals surface area contributed by atoms with E-state index in [1.54, 1.807) is 12.1 Å². The second-order valence-electron chi connectivity index (χ2n) is 13.2. The Morgan fingerprint density at radius 1 is 1.08 bits per heavy atom. The highest BCUT2D eigenvalue weighted by molar-refractivity contribution is 5.92. The van der Waals surface area contributed by atoms with Crippen LogP contribution in [-0.4, -0.2) is 41.3 Å². The number of ketones is 1. The summed E-state index contributed by atoms with van der Waals surface area (Å²) in [6, 6.07) is 9.05. The first kappa shape index (κ1) is 25.7. The molecule has 5 nitrogen and oxygen atoms in total. The van der Waals surface area contributed by atoms with Crippen molar-refractivity contribution < 1.29 is 24.2 Å². The van der Waals surface area contributed by atoms with E-state index in [4.69, 9.17) is 9.47 Å². The number of benzene rings is 1. The number of carbonyl (C=O) groups excluding carboxylic acids is 2. The summed E-state index contributed by atoms with van der Waals surface area (Å²) in [7, 11) is 0. The van der Waals surface area contributed by atoms with Crippen molar-refractivity contribution in [2.24, 2.45) is 39.9 Å². The summed E-state index contributed by atoms with van der Waals surface area (Å²) in [5, 5.41) is 12.2. The number of rotatable bonds is 2. The number of allylic oxidation sites excluding steroid dienone is 2. The van der Waals surface area contributed by atoms with Gasteiger partial charge in [0.15, 0.2) is 0 Å². The van der Waals surface area contributed by atoms with Crippen molar-refractivity contribution in [3.8, 4) is 0 Å². The predicted molar refractivity (Wildman–Crippen MR) is 138 cm³/mol. The highest BCUT2D eigenvalue weighted by atomic mass is 16.6. The van der Waals surface area contributed by atoms with Crippen LogP contribution in [0.25, 0.3) is 0 Å². The van der Waals surface area contributed by atoms with Gasteiger partial charge in [-0.1, -0.05) is 77.8 Å². The average Bonchev–Trinajstić information content (AvgIpc) is 2.83.